The van der Waals surface area contributed by atoms with E-state index in [1.165, 1.54) is 12.7 Å². The number of carbonyl (C=O) groups excluding carboxylic acids is 1. The molecule has 0 radical (unpaired) electrons. The Balaban J connectivity index is 0. The fourth-order valence-corrected chi connectivity index (χ4v) is 1.20. The van der Waals surface area contributed by atoms with E-state index in [0.29, 0.717) is 10.4 Å². The molecule has 2 nitrogen and oxygen atoms in total. The first-order chi connectivity index (χ1) is 8.49. The zero-order valence-electron chi connectivity index (χ0n) is 10.5. The third kappa shape index (κ3) is 10.8. The van der Waals surface area contributed by atoms with Crippen molar-refractivity contribution in [2.75, 3.05) is 7.11 Å². The molecule has 0 saturated carbocycles. The van der Waals surface area contributed by atoms with E-state index in [1.807, 2.05) is 18.2 Å². The molecular formula is C13H17BrClCuO2. The number of rotatable bonds is 2. The average molecular weight is 384 g/mol. The van der Waals surface area contributed by atoms with Crippen LogP contribution in [-0.4, -0.2) is 13.1 Å². The molecule has 0 aliphatic carbocycles. The third-order valence-electron chi connectivity index (χ3n) is 1.79. The number of benzene rings is 1. The molecule has 0 bridgehead atoms. The number of esters is 1. The van der Waals surface area contributed by atoms with Gasteiger partial charge in [-0.25, -0.2) is 4.79 Å². The Bertz CT molecular complexity index is 342. The second-order valence-corrected chi connectivity index (χ2v) is 4.67. The van der Waals surface area contributed by atoms with Crippen LogP contribution >= 0.6 is 26.0 Å². The van der Waals surface area contributed by atoms with E-state index in [4.69, 9.17) is 0 Å². The van der Waals surface area contributed by atoms with E-state index in [0.717, 1.165) is 0 Å². The Morgan fingerprint density at radius 2 is 1.83 bits per heavy atom. The SMILES string of the molecule is C=C(C)C(=O)OC.CC(Br)c1ccccc1.[Cl][Cu]. The van der Waals surface area contributed by atoms with Gasteiger partial charge in [-0.3, -0.25) is 0 Å². The van der Waals surface area contributed by atoms with Crippen LogP contribution in [0.5, 0.6) is 0 Å². The van der Waals surface area contributed by atoms with Gasteiger partial charge < -0.3 is 4.74 Å². The molecule has 0 aliphatic rings. The van der Waals surface area contributed by atoms with Gasteiger partial charge in [0, 0.05) is 10.4 Å². The first-order valence-corrected chi connectivity index (χ1v) is 7.24. The van der Waals surface area contributed by atoms with Gasteiger partial charge >= 0.3 is 31.2 Å². The molecule has 0 aliphatic heterocycles. The number of ether oxygens (including phenoxy) is 1. The first-order valence-electron chi connectivity index (χ1n) is 5.03. The Hall–Kier alpha value is -0.281. The molecule has 106 valence electrons. The van der Waals surface area contributed by atoms with Gasteiger partial charge in [-0.15, -0.1) is 0 Å². The van der Waals surface area contributed by atoms with Crippen molar-refractivity contribution in [3.8, 4) is 0 Å². The molecule has 1 unspecified atom stereocenters. The molecule has 0 spiro atoms. The summed E-state index contributed by atoms with van der Waals surface area (Å²) in [5.74, 6) is -0.347. The van der Waals surface area contributed by atoms with Gasteiger partial charge in [0.2, 0.25) is 0 Å². The van der Waals surface area contributed by atoms with Crippen LogP contribution in [0.1, 0.15) is 24.2 Å². The second-order valence-electron chi connectivity index (χ2n) is 3.30. The second kappa shape index (κ2) is 13.2. The minimum atomic E-state index is -0.347. The Labute approximate surface area is 130 Å². The van der Waals surface area contributed by atoms with E-state index in [-0.39, 0.29) is 5.97 Å². The van der Waals surface area contributed by atoms with Crippen molar-refractivity contribution in [2.45, 2.75) is 18.7 Å². The Morgan fingerprint density at radius 3 is 2.00 bits per heavy atom. The van der Waals surface area contributed by atoms with E-state index in [9.17, 15) is 4.79 Å². The van der Waals surface area contributed by atoms with E-state index in [1.54, 1.807) is 6.92 Å². The zero-order valence-corrected chi connectivity index (χ0v) is 13.8. The molecule has 1 aromatic rings. The minimum absolute atomic E-state index is 0.347. The molecule has 0 amide bonds. The van der Waals surface area contributed by atoms with Crippen LogP contribution in [0.3, 0.4) is 0 Å². The summed E-state index contributed by atoms with van der Waals surface area (Å²) in [6.45, 7) is 7.07. The van der Waals surface area contributed by atoms with Crippen molar-refractivity contribution in [3.05, 3.63) is 48.0 Å². The van der Waals surface area contributed by atoms with E-state index in [2.05, 4.69) is 71.5 Å². The predicted octanol–water partition coefficient (Wildman–Crippen LogP) is 4.57. The van der Waals surface area contributed by atoms with Crippen LogP contribution < -0.4 is 0 Å². The molecule has 5 heteroatoms. The number of halogens is 2. The standard InChI is InChI=1S/C8H9Br.C5H8O2.ClH.Cu/c1-7(9)8-5-3-2-4-6-8;1-4(2)5(6)7-3;;/h2-7H,1H3;1H2,2-3H3;1H;/q;;;+1/p-1. The van der Waals surface area contributed by atoms with Crippen LogP contribution in [0.25, 0.3) is 0 Å². The van der Waals surface area contributed by atoms with Gasteiger partial charge in [-0.2, -0.15) is 0 Å². The van der Waals surface area contributed by atoms with Gasteiger partial charge in [0.05, 0.1) is 7.11 Å². The predicted molar refractivity (Wildman–Crippen MR) is 76.5 cm³/mol. The average Bonchev–Trinajstić information content (AvgIpc) is 2.41. The molecule has 1 rings (SSSR count). The quantitative estimate of drug-likeness (QED) is 0.323. The summed E-state index contributed by atoms with van der Waals surface area (Å²) < 4.78 is 4.27. The van der Waals surface area contributed by atoms with Crippen molar-refractivity contribution in [2.24, 2.45) is 0 Å². The maximum absolute atomic E-state index is 10.2. The van der Waals surface area contributed by atoms with Crippen LogP contribution in [0.15, 0.2) is 42.5 Å². The molecule has 0 fully saturated rings. The molecular weight excluding hydrogens is 367 g/mol. The number of hydrogen-bond acceptors (Lipinski definition) is 2. The van der Waals surface area contributed by atoms with E-state index >= 15 is 0 Å². The number of alkyl halides is 1. The first kappa shape index (κ1) is 20.0. The molecule has 0 N–H and O–H groups in total. The van der Waals surface area contributed by atoms with Crippen LogP contribution in [0, 0.1) is 0 Å². The molecule has 1 aromatic carbocycles. The fourth-order valence-electron chi connectivity index (χ4n) is 0.892. The van der Waals surface area contributed by atoms with Gasteiger partial charge in [0.25, 0.3) is 0 Å². The number of hydrogen-bond donors (Lipinski definition) is 0. The Kier molecular flexibility index (Phi) is 14.7. The van der Waals surface area contributed by atoms with Gasteiger partial charge in [-0.1, -0.05) is 52.8 Å². The summed E-state index contributed by atoms with van der Waals surface area (Å²) >= 11 is 7.14. The maximum atomic E-state index is 10.2. The number of methoxy groups -OCH3 is 1. The summed E-state index contributed by atoms with van der Waals surface area (Å²) in [4.78, 5) is 10.7. The topological polar surface area (TPSA) is 26.3 Å². The van der Waals surface area contributed by atoms with Crippen molar-refractivity contribution in [3.63, 3.8) is 0 Å². The molecule has 0 heterocycles. The summed E-state index contributed by atoms with van der Waals surface area (Å²) in [6.07, 6.45) is 0. The summed E-state index contributed by atoms with van der Waals surface area (Å²) in [5.41, 5.74) is 1.76. The van der Waals surface area contributed by atoms with Crippen molar-refractivity contribution >= 4 is 32.0 Å². The summed E-state index contributed by atoms with van der Waals surface area (Å²) in [6, 6.07) is 10.3. The zero-order chi connectivity index (χ0) is 14.6. The molecule has 0 aromatic heterocycles. The normalized spacial score (nSPS) is 9.94. The summed E-state index contributed by atoms with van der Waals surface area (Å²) in [5, 5.41) is 0. The van der Waals surface area contributed by atoms with Crippen LogP contribution in [0.4, 0.5) is 0 Å². The fraction of sp³-hybridized carbons (Fsp3) is 0.308. The summed E-state index contributed by atoms with van der Waals surface area (Å²) in [7, 11) is 5.53. The van der Waals surface area contributed by atoms with Gasteiger partial charge in [0.1, 0.15) is 0 Å². The number of carbonyl (C=O) groups is 1. The third-order valence-corrected chi connectivity index (χ3v) is 2.32. The van der Waals surface area contributed by atoms with Crippen molar-refractivity contribution < 1.29 is 24.6 Å². The monoisotopic (exact) mass is 382 g/mol. The van der Waals surface area contributed by atoms with Crippen LogP contribution in [-0.2, 0) is 24.6 Å². The van der Waals surface area contributed by atoms with E-state index < -0.39 is 0 Å². The molecule has 18 heavy (non-hydrogen) atoms. The van der Waals surface area contributed by atoms with Gasteiger partial charge in [0.15, 0.2) is 0 Å². The van der Waals surface area contributed by atoms with Crippen molar-refractivity contribution in [1.82, 2.24) is 0 Å². The van der Waals surface area contributed by atoms with Gasteiger partial charge in [-0.05, 0) is 19.4 Å². The molecule has 1 atom stereocenters. The van der Waals surface area contributed by atoms with Crippen LogP contribution in [0.2, 0.25) is 0 Å². The van der Waals surface area contributed by atoms with Crippen molar-refractivity contribution in [1.29, 1.82) is 0 Å². The molecule has 0 saturated heterocycles. The Morgan fingerprint density at radius 1 is 1.39 bits per heavy atom.